The highest BCUT2D eigenvalue weighted by Gasteiger charge is 1.93. The summed E-state index contributed by atoms with van der Waals surface area (Å²) in [5.74, 6) is 0.514. The Morgan fingerprint density at radius 2 is 0.800 bits per heavy atom. The van der Waals surface area contributed by atoms with E-state index in [0.717, 1.165) is 0 Å². The lowest BCUT2D eigenvalue weighted by Crippen LogP contribution is -2.14. The molecule has 122 valence electrons. The van der Waals surface area contributed by atoms with Crippen LogP contribution in [0.2, 0.25) is 0 Å². The molecule has 7 heteroatoms. The summed E-state index contributed by atoms with van der Waals surface area (Å²) in [4.78, 5) is 0. The molecule has 0 saturated carbocycles. The minimum Gasteiger partial charge on any atom is -0.382 e. The molecule has 0 heterocycles. The third-order valence-electron chi connectivity index (χ3n) is 2.14. The second-order valence-electron chi connectivity index (χ2n) is 3.74. The van der Waals surface area contributed by atoms with Crippen LogP contribution in [0.25, 0.3) is 0 Å². The molecule has 0 aromatic heterocycles. The van der Waals surface area contributed by atoms with Crippen LogP contribution in [0.1, 0.15) is 0 Å². The van der Waals surface area contributed by atoms with Crippen molar-refractivity contribution < 1.29 is 28.4 Å². The van der Waals surface area contributed by atoms with E-state index in [1.165, 1.54) is 0 Å². The van der Waals surface area contributed by atoms with Gasteiger partial charge in [-0.3, -0.25) is 0 Å². The van der Waals surface area contributed by atoms with Gasteiger partial charge < -0.3 is 28.4 Å². The Balaban J connectivity index is 2.89. The first-order valence-corrected chi connectivity index (χ1v) is 7.39. The third kappa shape index (κ3) is 18.0. The fourth-order valence-electron chi connectivity index (χ4n) is 1.18. The van der Waals surface area contributed by atoms with Crippen LogP contribution in [-0.2, 0) is 28.4 Å². The Hall–Kier alpha value is 0.0500. The smallest absolute Gasteiger partial charge is 0.0701 e. The van der Waals surface area contributed by atoms with Gasteiger partial charge in [0, 0.05) is 13.0 Å². The summed E-state index contributed by atoms with van der Waals surface area (Å²) in [5, 5.41) is 0. The maximum atomic E-state index is 5.46. The molecule has 0 spiro atoms. The number of rotatable bonds is 17. The molecule has 0 fully saturated rings. The molecule has 0 rings (SSSR count). The summed E-state index contributed by atoms with van der Waals surface area (Å²) < 4.78 is 31.2. The molecule has 0 saturated heterocycles. The summed E-state index contributed by atoms with van der Waals surface area (Å²) >= 11 is 5.46. The van der Waals surface area contributed by atoms with Gasteiger partial charge in [0.25, 0.3) is 0 Å². The van der Waals surface area contributed by atoms with Crippen LogP contribution in [-0.4, -0.2) is 85.7 Å². The number of alkyl halides is 1. The number of halogens is 1. The first-order valence-electron chi connectivity index (χ1n) is 6.85. The molecular formula is C13H27ClO6. The average Bonchev–Trinajstić information content (AvgIpc) is 2.47. The van der Waals surface area contributed by atoms with Crippen LogP contribution in [0, 0.1) is 0 Å². The lowest BCUT2D eigenvalue weighted by Gasteiger charge is -2.07. The first-order chi connectivity index (χ1) is 9.91. The van der Waals surface area contributed by atoms with Crippen LogP contribution in [0.3, 0.4) is 0 Å². The van der Waals surface area contributed by atoms with Crippen molar-refractivity contribution in [3.63, 3.8) is 0 Å². The zero-order chi connectivity index (χ0) is 14.7. The Kier molecular flexibility index (Phi) is 19.1. The lowest BCUT2D eigenvalue weighted by atomic mass is 10.7. The monoisotopic (exact) mass is 314 g/mol. The normalized spacial score (nSPS) is 11.1. The Bertz CT molecular complexity index is 155. The summed E-state index contributed by atoms with van der Waals surface area (Å²) in [6, 6.07) is 0. The Morgan fingerprint density at radius 1 is 0.500 bits per heavy atom. The Labute approximate surface area is 126 Å². The molecule has 0 bridgehead atoms. The molecule has 20 heavy (non-hydrogen) atoms. The van der Waals surface area contributed by atoms with Crippen molar-refractivity contribution >= 4 is 11.6 Å². The van der Waals surface area contributed by atoms with Gasteiger partial charge in [-0.15, -0.1) is 11.6 Å². The van der Waals surface area contributed by atoms with E-state index in [9.17, 15) is 0 Å². The third-order valence-corrected chi connectivity index (χ3v) is 2.30. The highest BCUT2D eigenvalue weighted by atomic mass is 35.5. The van der Waals surface area contributed by atoms with Crippen LogP contribution >= 0.6 is 11.6 Å². The highest BCUT2D eigenvalue weighted by molar-refractivity contribution is 6.17. The summed E-state index contributed by atoms with van der Waals surface area (Å²) in [6.07, 6.45) is 0. The van der Waals surface area contributed by atoms with Crippen molar-refractivity contribution in [1.82, 2.24) is 0 Å². The van der Waals surface area contributed by atoms with Crippen molar-refractivity contribution in [2.75, 3.05) is 85.7 Å². The molecule has 0 amide bonds. The predicted octanol–water partition coefficient (Wildman–Crippen LogP) is 0.955. The van der Waals surface area contributed by atoms with Crippen molar-refractivity contribution in [2.24, 2.45) is 0 Å². The average molecular weight is 315 g/mol. The van der Waals surface area contributed by atoms with E-state index in [-0.39, 0.29) is 0 Å². The van der Waals surface area contributed by atoms with Gasteiger partial charge in [-0.1, -0.05) is 0 Å². The van der Waals surface area contributed by atoms with Crippen molar-refractivity contribution in [3.8, 4) is 0 Å². The van der Waals surface area contributed by atoms with Crippen LogP contribution < -0.4 is 0 Å². The quantitative estimate of drug-likeness (QED) is 0.294. The lowest BCUT2D eigenvalue weighted by molar-refractivity contribution is -0.0139. The van der Waals surface area contributed by atoms with E-state index >= 15 is 0 Å². The Morgan fingerprint density at radius 3 is 1.10 bits per heavy atom. The van der Waals surface area contributed by atoms with Crippen LogP contribution in [0.5, 0.6) is 0 Å². The van der Waals surface area contributed by atoms with Gasteiger partial charge in [0.2, 0.25) is 0 Å². The zero-order valence-electron chi connectivity index (χ0n) is 12.3. The van der Waals surface area contributed by atoms with E-state index in [2.05, 4.69) is 0 Å². The van der Waals surface area contributed by atoms with Crippen molar-refractivity contribution in [1.29, 1.82) is 0 Å². The molecule has 6 nitrogen and oxygen atoms in total. The van der Waals surface area contributed by atoms with E-state index in [0.29, 0.717) is 78.6 Å². The van der Waals surface area contributed by atoms with E-state index in [1.807, 2.05) is 0 Å². The summed E-state index contributed by atoms with van der Waals surface area (Å²) in [6.45, 7) is 6.30. The van der Waals surface area contributed by atoms with Crippen molar-refractivity contribution in [2.45, 2.75) is 0 Å². The highest BCUT2D eigenvalue weighted by Crippen LogP contribution is 1.84. The van der Waals surface area contributed by atoms with E-state index < -0.39 is 0 Å². The fraction of sp³-hybridized carbons (Fsp3) is 1.00. The molecule has 0 aliphatic rings. The molecule has 0 unspecified atom stereocenters. The number of methoxy groups -OCH3 is 1. The van der Waals surface area contributed by atoms with E-state index in [4.69, 9.17) is 40.0 Å². The maximum Gasteiger partial charge on any atom is 0.0701 e. The van der Waals surface area contributed by atoms with Crippen LogP contribution in [0.15, 0.2) is 0 Å². The molecule has 0 aromatic carbocycles. The van der Waals surface area contributed by atoms with Gasteiger partial charge >= 0.3 is 0 Å². The largest absolute Gasteiger partial charge is 0.382 e. The van der Waals surface area contributed by atoms with Gasteiger partial charge in [-0.2, -0.15) is 0 Å². The first kappa shape index (κ1) is 20.1. The molecule has 0 aliphatic carbocycles. The molecule has 0 aliphatic heterocycles. The van der Waals surface area contributed by atoms with Gasteiger partial charge in [0.1, 0.15) is 0 Å². The predicted molar refractivity (Wildman–Crippen MR) is 76.7 cm³/mol. The van der Waals surface area contributed by atoms with Gasteiger partial charge in [-0.05, 0) is 0 Å². The maximum absolute atomic E-state index is 5.46. The van der Waals surface area contributed by atoms with Crippen molar-refractivity contribution in [3.05, 3.63) is 0 Å². The topological polar surface area (TPSA) is 55.4 Å². The zero-order valence-corrected chi connectivity index (χ0v) is 13.1. The summed E-state index contributed by atoms with van der Waals surface area (Å²) in [7, 11) is 1.65. The minimum absolute atomic E-state index is 0.514. The fourth-order valence-corrected chi connectivity index (χ4v) is 1.29. The molecule has 0 N–H and O–H groups in total. The molecular weight excluding hydrogens is 288 g/mol. The van der Waals surface area contributed by atoms with E-state index in [1.54, 1.807) is 7.11 Å². The number of ether oxygens (including phenoxy) is 6. The number of hydrogen-bond acceptors (Lipinski definition) is 6. The summed E-state index contributed by atoms with van der Waals surface area (Å²) in [5.41, 5.74) is 0. The standard InChI is InChI=1S/C13H27ClO6/c1-15-4-5-17-8-9-19-12-13-20-11-10-18-7-6-16-3-2-14/h2-13H2,1H3. The second-order valence-corrected chi connectivity index (χ2v) is 4.12. The second kappa shape index (κ2) is 19.1. The van der Waals surface area contributed by atoms with Gasteiger partial charge in [-0.25, -0.2) is 0 Å². The molecule has 0 atom stereocenters. The number of hydrogen-bond donors (Lipinski definition) is 0. The van der Waals surface area contributed by atoms with Gasteiger partial charge in [0.05, 0.1) is 72.7 Å². The van der Waals surface area contributed by atoms with Gasteiger partial charge in [0.15, 0.2) is 0 Å². The minimum atomic E-state index is 0.514. The molecule has 0 aromatic rings. The van der Waals surface area contributed by atoms with Crippen LogP contribution in [0.4, 0.5) is 0 Å². The SMILES string of the molecule is COCCOCCOCCOCCOCCOCCCl. The molecule has 0 radical (unpaired) electrons.